The number of nitrogens with one attached hydrogen (secondary N) is 1. The van der Waals surface area contributed by atoms with E-state index in [9.17, 15) is 4.79 Å². The van der Waals surface area contributed by atoms with Crippen LogP contribution in [0.15, 0.2) is 41.8 Å². The quantitative estimate of drug-likeness (QED) is 0.550. The van der Waals surface area contributed by atoms with Gasteiger partial charge in [0.15, 0.2) is 11.5 Å². The van der Waals surface area contributed by atoms with Crippen molar-refractivity contribution in [3.63, 3.8) is 0 Å². The molecule has 3 aromatic rings. The van der Waals surface area contributed by atoms with Gasteiger partial charge in [0.1, 0.15) is 5.82 Å². The van der Waals surface area contributed by atoms with Crippen molar-refractivity contribution in [3.05, 3.63) is 58.2 Å². The minimum atomic E-state index is 0.0279. The molecule has 0 spiro atoms. The van der Waals surface area contributed by atoms with E-state index in [0.717, 1.165) is 53.6 Å². The molecule has 8 heteroatoms. The van der Waals surface area contributed by atoms with E-state index in [2.05, 4.69) is 16.3 Å². The first-order valence-corrected chi connectivity index (χ1v) is 12.6. The number of rotatable bonds is 7. The third-order valence-electron chi connectivity index (χ3n) is 7.04. The molecule has 4 unspecified atom stereocenters. The molecule has 6 rings (SSSR count). The average molecular weight is 479 g/mol. The Balaban J connectivity index is 1.32. The number of fused-ring (bicyclic) bond motifs is 3. The van der Waals surface area contributed by atoms with Crippen LogP contribution in [0.25, 0.3) is 11.3 Å². The lowest BCUT2D eigenvalue weighted by Gasteiger charge is -2.49. The van der Waals surface area contributed by atoms with Gasteiger partial charge in [-0.05, 0) is 67.9 Å². The summed E-state index contributed by atoms with van der Waals surface area (Å²) < 4.78 is 10.9. The molecule has 3 aliphatic rings. The first-order chi connectivity index (χ1) is 16.6. The largest absolute Gasteiger partial charge is 0.493 e. The van der Waals surface area contributed by atoms with Crippen molar-refractivity contribution in [2.45, 2.75) is 31.7 Å². The van der Waals surface area contributed by atoms with Crippen molar-refractivity contribution in [2.75, 3.05) is 33.9 Å². The van der Waals surface area contributed by atoms with Gasteiger partial charge in [0.05, 0.1) is 24.8 Å². The molecule has 3 fully saturated rings. The Bertz CT molecular complexity index is 1170. The second kappa shape index (κ2) is 9.72. The van der Waals surface area contributed by atoms with Crippen molar-refractivity contribution in [2.24, 2.45) is 5.92 Å². The molecule has 2 bridgehead atoms. The first kappa shape index (κ1) is 22.8. The predicted octanol–water partition coefficient (Wildman–Crippen LogP) is 4.14. The fourth-order valence-electron chi connectivity index (χ4n) is 5.32. The van der Waals surface area contributed by atoms with Crippen molar-refractivity contribution in [1.29, 1.82) is 0 Å². The second-order valence-electron chi connectivity index (χ2n) is 9.02. The van der Waals surface area contributed by atoms with Gasteiger partial charge < -0.3 is 14.8 Å². The molecule has 0 radical (unpaired) electrons. The molecule has 3 saturated heterocycles. The molecule has 34 heavy (non-hydrogen) atoms. The lowest BCUT2D eigenvalue weighted by Crippen LogP contribution is -2.56. The molecule has 1 amide bonds. The number of hydrogen-bond acceptors (Lipinski definition) is 7. The predicted molar refractivity (Wildman–Crippen MR) is 133 cm³/mol. The van der Waals surface area contributed by atoms with Crippen LogP contribution in [0.3, 0.4) is 0 Å². The van der Waals surface area contributed by atoms with Gasteiger partial charge in [-0.2, -0.15) is 0 Å². The van der Waals surface area contributed by atoms with Crippen LogP contribution in [0, 0.1) is 12.8 Å². The smallest absolute Gasteiger partial charge is 0.261 e. The zero-order valence-electron chi connectivity index (χ0n) is 19.8. The van der Waals surface area contributed by atoms with Gasteiger partial charge in [-0.1, -0.05) is 6.07 Å². The lowest BCUT2D eigenvalue weighted by molar-refractivity contribution is 0.0290. The van der Waals surface area contributed by atoms with E-state index in [0.29, 0.717) is 35.9 Å². The molecule has 1 aromatic carbocycles. The summed E-state index contributed by atoms with van der Waals surface area (Å²) in [6.45, 7) is 4.69. The van der Waals surface area contributed by atoms with E-state index < -0.39 is 0 Å². The van der Waals surface area contributed by atoms with Crippen molar-refractivity contribution >= 4 is 17.2 Å². The SMILES string of the molecule is COc1ccc(-c2cc(C3CN4CCC3CC4CNC(=O)c3cccs3)nc(C)n2)cc1OC. The van der Waals surface area contributed by atoms with Gasteiger partial charge in [0, 0.05) is 36.3 Å². The summed E-state index contributed by atoms with van der Waals surface area (Å²) in [6.07, 6.45) is 2.24. The van der Waals surface area contributed by atoms with E-state index in [4.69, 9.17) is 19.4 Å². The number of carbonyl (C=O) groups excluding carboxylic acids is 1. The van der Waals surface area contributed by atoms with Crippen LogP contribution in [-0.2, 0) is 0 Å². The number of piperidine rings is 3. The molecule has 1 N–H and O–H groups in total. The summed E-state index contributed by atoms with van der Waals surface area (Å²) in [5.74, 6) is 3.12. The highest BCUT2D eigenvalue weighted by molar-refractivity contribution is 7.12. The third kappa shape index (κ3) is 4.52. The molecule has 0 saturated carbocycles. The van der Waals surface area contributed by atoms with Crippen LogP contribution >= 0.6 is 11.3 Å². The topological polar surface area (TPSA) is 76.6 Å². The maximum absolute atomic E-state index is 12.4. The second-order valence-corrected chi connectivity index (χ2v) is 9.97. The summed E-state index contributed by atoms with van der Waals surface area (Å²) in [6, 6.07) is 12.2. The molecular formula is C26H30N4O3S. The van der Waals surface area contributed by atoms with Gasteiger partial charge >= 0.3 is 0 Å². The monoisotopic (exact) mass is 478 g/mol. The molecule has 178 valence electrons. The lowest BCUT2D eigenvalue weighted by atomic mass is 9.74. The van der Waals surface area contributed by atoms with Gasteiger partial charge in [-0.25, -0.2) is 9.97 Å². The van der Waals surface area contributed by atoms with Gasteiger partial charge in [-0.15, -0.1) is 11.3 Å². The number of carbonyl (C=O) groups is 1. The minimum absolute atomic E-state index is 0.0279. The number of amides is 1. The van der Waals surface area contributed by atoms with Gasteiger partial charge in [0.25, 0.3) is 5.91 Å². The Labute approximate surface area is 204 Å². The summed E-state index contributed by atoms with van der Waals surface area (Å²) >= 11 is 1.48. The number of aromatic nitrogens is 2. The summed E-state index contributed by atoms with van der Waals surface area (Å²) in [5, 5.41) is 5.07. The fraction of sp³-hybridized carbons (Fsp3) is 0.423. The average Bonchev–Trinajstić information content (AvgIpc) is 3.42. The van der Waals surface area contributed by atoms with Crippen LogP contribution in [-0.4, -0.2) is 60.7 Å². The Kier molecular flexibility index (Phi) is 6.52. The van der Waals surface area contributed by atoms with Gasteiger partial charge in [0.2, 0.25) is 0 Å². The minimum Gasteiger partial charge on any atom is -0.493 e. The zero-order chi connectivity index (χ0) is 23.7. The summed E-state index contributed by atoms with van der Waals surface area (Å²) in [4.78, 5) is 25.2. The highest BCUT2D eigenvalue weighted by Crippen LogP contribution is 2.42. The summed E-state index contributed by atoms with van der Waals surface area (Å²) in [5.41, 5.74) is 2.99. The highest BCUT2D eigenvalue weighted by Gasteiger charge is 2.41. The number of benzene rings is 1. The molecule has 5 heterocycles. The number of methoxy groups -OCH3 is 2. The standard InChI is InChI=1S/C26H30N4O3S/c1-16-28-21(18-6-7-23(32-2)24(12-18)33-3)13-22(29-16)20-15-30-9-8-17(20)11-19(30)14-27-26(31)25-5-4-10-34-25/h4-7,10,12-13,17,19-20H,8-9,11,14-15H2,1-3H3,(H,27,31). The van der Waals surface area contributed by atoms with E-state index in [1.807, 2.05) is 42.6 Å². The van der Waals surface area contributed by atoms with E-state index in [1.54, 1.807) is 14.2 Å². The molecule has 0 aliphatic carbocycles. The maximum Gasteiger partial charge on any atom is 0.261 e. The van der Waals surface area contributed by atoms with Crippen LogP contribution in [0.1, 0.15) is 39.9 Å². The maximum atomic E-state index is 12.4. The molecule has 3 aliphatic heterocycles. The fourth-order valence-corrected chi connectivity index (χ4v) is 5.96. The van der Waals surface area contributed by atoms with E-state index in [-0.39, 0.29) is 5.91 Å². The van der Waals surface area contributed by atoms with Crippen molar-refractivity contribution in [1.82, 2.24) is 20.2 Å². The molecular weight excluding hydrogens is 448 g/mol. The van der Waals surface area contributed by atoms with Crippen molar-refractivity contribution in [3.8, 4) is 22.8 Å². The van der Waals surface area contributed by atoms with Gasteiger partial charge in [-0.3, -0.25) is 9.69 Å². The third-order valence-corrected chi connectivity index (χ3v) is 7.91. The molecule has 4 atom stereocenters. The van der Waals surface area contributed by atoms with Crippen LogP contribution < -0.4 is 14.8 Å². The Morgan fingerprint density at radius 1 is 1.18 bits per heavy atom. The van der Waals surface area contributed by atoms with Crippen LogP contribution in [0.5, 0.6) is 11.5 Å². The zero-order valence-corrected chi connectivity index (χ0v) is 20.6. The highest BCUT2D eigenvalue weighted by atomic mass is 32.1. The first-order valence-electron chi connectivity index (χ1n) is 11.7. The number of nitrogens with zero attached hydrogens (tertiary/aromatic N) is 3. The molecule has 2 aromatic heterocycles. The van der Waals surface area contributed by atoms with E-state index >= 15 is 0 Å². The number of ether oxygens (including phenoxy) is 2. The Morgan fingerprint density at radius 2 is 2.03 bits per heavy atom. The van der Waals surface area contributed by atoms with Crippen molar-refractivity contribution < 1.29 is 14.3 Å². The number of thiophene rings is 1. The Morgan fingerprint density at radius 3 is 2.74 bits per heavy atom. The summed E-state index contributed by atoms with van der Waals surface area (Å²) in [7, 11) is 3.28. The van der Waals surface area contributed by atoms with E-state index in [1.165, 1.54) is 11.3 Å². The van der Waals surface area contributed by atoms with Crippen LogP contribution in [0.2, 0.25) is 0 Å². The molecule has 7 nitrogen and oxygen atoms in total. The Hall–Kier alpha value is -2.97. The number of hydrogen-bond donors (Lipinski definition) is 1. The number of aryl methyl sites for hydroxylation is 1. The normalized spacial score (nSPS) is 23.5. The van der Waals surface area contributed by atoms with Crippen LogP contribution in [0.4, 0.5) is 0 Å².